The Hall–Kier alpha value is -2.04. The van der Waals surface area contributed by atoms with Gasteiger partial charge in [-0.1, -0.05) is 74.6 Å². The highest BCUT2D eigenvalue weighted by Crippen LogP contribution is 2.21. The minimum Gasteiger partial charge on any atom is -0.507 e. The van der Waals surface area contributed by atoms with Gasteiger partial charge in [0.15, 0.2) is 0 Å². The Morgan fingerprint density at radius 3 is 1.25 bits per heavy atom. The van der Waals surface area contributed by atoms with E-state index in [0.717, 1.165) is 25.9 Å². The lowest BCUT2D eigenvalue weighted by atomic mass is 10.1. The van der Waals surface area contributed by atoms with Crippen molar-refractivity contribution in [3.8, 4) is 11.5 Å². The highest BCUT2D eigenvalue weighted by Gasteiger charge is 1.99. The fraction of sp³-hybridized carbons (Fsp3) is 0.462. The summed E-state index contributed by atoms with van der Waals surface area (Å²) in [7, 11) is 0. The standard InChI is InChI=1S/C26H34Cl2N2O2/c27-23-13-11-21(25(31)17-23)19-29-15-9-7-5-3-1-2-4-6-8-10-16-30-20-22-12-14-24(28)18-26(22)32/h11-14,17-20,31-32H,1-10,15-16H2/b29-19+,30-20+. The number of hydrogen-bond donors (Lipinski definition) is 2. The van der Waals surface area contributed by atoms with Crippen LogP contribution in [0.5, 0.6) is 11.5 Å². The van der Waals surface area contributed by atoms with Gasteiger partial charge in [-0.15, -0.1) is 0 Å². The second-order valence-electron chi connectivity index (χ2n) is 8.01. The second-order valence-corrected chi connectivity index (χ2v) is 8.89. The Morgan fingerprint density at radius 2 is 0.906 bits per heavy atom. The Labute approximate surface area is 202 Å². The molecule has 0 radical (unpaired) electrons. The van der Waals surface area contributed by atoms with Crippen molar-refractivity contribution < 1.29 is 10.2 Å². The number of aliphatic imine (C=N–C) groups is 2. The molecule has 0 heterocycles. The van der Waals surface area contributed by atoms with Crippen LogP contribution >= 0.6 is 23.2 Å². The van der Waals surface area contributed by atoms with Gasteiger partial charge in [-0.25, -0.2) is 0 Å². The molecule has 0 aliphatic heterocycles. The SMILES string of the molecule is Oc1cc(Cl)ccc1/C=N/CCCCCCCCCCCC/N=C/c1ccc(Cl)cc1O. The molecule has 2 aromatic rings. The zero-order valence-electron chi connectivity index (χ0n) is 18.6. The van der Waals surface area contributed by atoms with Gasteiger partial charge < -0.3 is 10.2 Å². The van der Waals surface area contributed by atoms with Gasteiger partial charge in [0.2, 0.25) is 0 Å². The third kappa shape index (κ3) is 11.0. The van der Waals surface area contributed by atoms with Crippen LogP contribution < -0.4 is 0 Å². The summed E-state index contributed by atoms with van der Waals surface area (Å²) in [4.78, 5) is 8.78. The average molecular weight is 477 g/mol. The van der Waals surface area contributed by atoms with Crippen LogP contribution in [-0.2, 0) is 0 Å². The van der Waals surface area contributed by atoms with Gasteiger partial charge >= 0.3 is 0 Å². The van der Waals surface area contributed by atoms with Gasteiger partial charge in [0.1, 0.15) is 11.5 Å². The van der Waals surface area contributed by atoms with Gasteiger partial charge in [0.05, 0.1) is 0 Å². The fourth-order valence-electron chi connectivity index (χ4n) is 3.40. The largest absolute Gasteiger partial charge is 0.507 e. The topological polar surface area (TPSA) is 65.2 Å². The van der Waals surface area contributed by atoms with Crippen molar-refractivity contribution in [2.24, 2.45) is 9.98 Å². The molecule has 0 aliphatic rings. The Morgan fingerprint density at radius 1 is 0.562 bits per heavy atom. The summed E-state index contributed by atoms with van der Waals surface area (Å²) >= 11 is 11.6. The van der Waals surface area contributed by atoms with Crippen molar-refractivity contribution in [1.29, 1.82) is 0 Å². The van der Waals surface area contributed by atoms with E-state index < -0.39 is 0 Å². The molecule has 4 nitrogen and oxygen atoms in total. The molecule has 0 amide bonds. The van der Waals surface area contributed by atoms with Crippen molar-refractivity contribution in [2.45, 2.75) is 64.2 Å². The highest BCUT2D eigenvalue weighted by molar-refractivity contribution is 6.31. The third-order valence-electron chi connectivity index (χ3n) is 5.27. The highest BCUT2D eigenvalue weighted by atomic mass is 35.5. The molecule has 0 spiro atoms. The molecule has 2 aromatic carbocycles. The summed E-state index contributed by atoms with van der Waals surface area (Å²) in [6, 6.07) is 10.1. The molecule has 0 unspecified atom stereocenters. The number of nitrogens with zero attached hydrogens (tertiary/aromatic N) is 2. The number of hydrogen-bond acceptors (Lipinski definition) is 4. The molecule has 2 N–H and O–H groups in total. The molecule has 6 heteroatoms. The quantitative estimate of drug-likeness (QED) is 0.203. The molecular formula is C26H34Cl2N2O2. The first kappa shape index (κ1) is 26.2. The van der Waals surface area contributed by atoms with E-state index in [1.165, 1.54) is 63.5 Å². The Balaban J connectivity index is 1.38. The number of phenolic OH excluding ortho intramolecular Hbond substituents is 2. The van der Waals surface area contributed by atoms with Crippen molar-refractivity contribution >= 4 is 35.6 Å². The van der Waals surface area contributed by atoms with E-state index >= 15 is 0 Å². The van der Waals surface area contributed by atoms with Crippen LogP contribution in [0.25, 0.3) is 0 Å². The minimum atomic E-state index is 0.173. The number of phenols is 2. The number of benzene rings is 2. The van der Waals surface area contributed by atoms with Crippen LogP contribution in [0.4, 0.5) is 0 Å². The van der Waals surface area contributed by atoms with Crippen LogP contribution in [-0.4, -0.2) is 35.7 Å². The molecule has 174 valence electrons. The maximum Gasteiger partial charge on any atom is 0.125 e. The first-order valence-electron chi connectivity index (χ1n) is 11.5. The first-order chi connectivity index (χ1) is 15.6. The smallest absolute Gasteiger partial charge is 0.125 e. The van der Waals surface area contributed by atoms with Crippen LogP contribution in [0.1, 0.15) is 75.3 Å². The summed E-state index contributed by atoms with van der Waals surface area (Å²) in [5.41, 5.74) is 1.42. The van der Waals surface area contributed by atoms with Crippen molar-refractivity contribution in [3.05, 3.63) is 57.6 Å². The normalized spacial score (nSPS) is 11.7. The maximum atomic E-state index is 9.77. The predicted molar refractivity (Wildman–Crippen MR) is 137 cm³/mol. The molecule has 0 bridgehead atoms. The zero-order valence-corrected chi connectivity index (χ0v) is 20.2. The van der Waals surface area contributed by atoms with E-state index in [2.05, 4.69) is 9.98 Å². The molecule has 0 atom stereocenters. The predicted octanol–water partition coefficient (Wildman–Crippen LogP) is 7.84. The molecule has 0 saturated carbocycles. The monoisotopic (exact) mass is 476 g/mol. The van der Waals surface area contributed by atoms with E-state index in [4.69, 9.17) is 23.2 Å². The lowest BCUT2D eigenvalue weighted by Crippen LogP contribution is -1.88. The van der Waals surface area contributed by atoms with Gasteiger partial charge in [-0.2, -0.15) is 0 Å². The third-order valence-corrected chi connectivity index (χ3v) is 5.74. The van der Waals surface area contributed by atoms with Crippen molar-refractivity contribution in [2.75, 3.05) is 13.1 Å². The van der Waals surface area contributed by atoms with Crippen molar-refractivity contribution in [1.82, 2.24) is 0 Å². The van der Waals surface area contributed by atoms with E-state index in [-0.39, 0.29) is 11.5 Å². The summed E-state index contributed by atoms with van der Waals surface area (Å²) in [6.45, 7) is 1.59. The van der Waals surface area contributed by atoms with E-state index in [0.29, 0.717) is 21.2 Å². The maximum absolute atomic E-state index is 9.77. The number of unbranched alkanes of at least 4 members (excludes halogenated alkanes) is 9. The molecule has 0 aliphatic carbocycles. The van der Waals surface area contributed by atoms with Gasteiger partial charge in [0.25, 0.3) is 0 Å². The Kier molecular flexibility index (Phi) is 12.9. The lowest BCUT2D eigenvalue weighted by Gasteiger charge is -2.02. The van der Waals surface area contributed by atoms with Gasteiger partial charge in [-0.05, 0) is 49.2 Å². The fourth-order valence-corrected chi connectivity index (χ4v) is 3.73. The summed E-state index contributed by atoms with van der Waals surface area (Å²) < 4.78 is 0. The minimum absolute atomic E-state index is 0.173. The van der Waals surface area contributed by atoms with E-state index in [9.17, 15) is 10.2 Å². The zero-order chi connectivity index (χ0) is 23.0. The Bertz CT molecular complexity index is 797. The first-order valence-corrected chi connectivity index (χ1v) is 12.3. The molecule has 0 aromatic heterocycles. The average Bonchev–Trinajstić information content (AvgIpc) is 2.76. The van der Waals surface area contributed by atoms with Crippen molar-refractivity contribution in [3.63, 3.8) is 0 Å². The van der Waals surface area contributed by atoms with Crippen LogP contribution in [0, 0.1) is 0 Å². The second kappa shape index (κ2) is 15.7. The summed E-state index contributed by atoms with van der Waals surface area (Å²) in [6.07, 6.45) is 15.7. The molecule has 0 fully saturated rings. The number of aromatic hydroxyl groups is 2. The molecular weight excluding hydrogens is 443 g/mol. The molecule has 32 heavy (non-hydrogen) atoms. The summed E-state index contributed by atoms with van der Waals surface area (Å²) in [5.74, 6) is 0.347. The molecule has 0 saturated heterocycles. The lowest BCUT2D eigenvalue weighted by molar-refractivity contribution is 0.474. The van der Waals surface area contributed by atoms with Crippen LogP contribution in [0.2, 0.25) is 10.0 Å². The van der Waals surface area contributed by atoms with E-state index in [1.807, 2.05) is 0 Å². The van der Waals surface area contributed by atoms with E-state index in [1.54, 1.807) is 36.7 Å². The number of halogens is 2. The molecule has 2 rings (SSSR count). The van der Waals surface area contributed by atoms with Crippen LogP contribution in [0.3, 0.4) is 0 Å². The van der Waals surface area contributed by atoms with Gasteiger partial charge in [0, 0.05) is 46.7 Å². The van der Waals surface area contributed by atoms with Gasteiger partial charge in [-0.3, -0.25) is 9.98 Å². The van der Waals surface area contributed by atoms with Crippen LogP contribution in [0.15, 0.2) is 46.4 Å². The summed E-state index contributed by atoms with van der Waals surface area (Å²) in [5, 5.41) is 20.6. The number of rotatable bonds is 15.